The number of aromatic nitrogens is 2. The van der Waals surface area contributed by atoms with Crippen LogP contribution < -0.4 is 5.32 Å². The Kier molecular flexibility index (Phi) is 3.52. The molecule has 3 aliphatic rings. The van der Waals surface area contributed by atoms with E-state index in [0.29, 0.717) is 6.04 Å². The van der Waals surface area contributed by atoms with Gasteiger partial charge in [-0.05, 0) is 43.8 Å². The molecule has 1 aromatic rings. The Bertz CT molecular complexity index is 437. The van der Waals surface area contributed by atoms with Gasteiger partial charge in [-0.25, -0.2) is 0 Å². The highest BCUT2D eigenvalue weighted by molar-refractivity contribution is 5.02. The van der Waals surface area contributed by atoms with Gasteiger partial charge in [0.1, 0.15) is 0 Å². The van der Waals surface area contributed by atoms with Crippen LogP contribution in [0.2, 0.25) is 0 Å². The van der Waals surface area contributed by atoms with Gasteiger partial charge >= 0.3 is 0 Å². The van der Waals surface area contributed by atoms with E-state index < -0.39 is 0 Å². The summed E-state index contributed by atoms with van der Waals surface area (Å²) in [5, 5.41) is 8.36. The standard InChI is InChI=1S/C16H26N4/c1-2-4-16(5-3-1)20-7-6-15(18-20)12-19-10-13-8-17-9-14(13)11-19/h6-7,13-14,16-17H,1-5,8-12H2. The fraction of sp³-hybridized carbons (Fsp3) is 0.812. The van der Waals surface area contributed by atoms with Crippen LogP contribution in [0.15, 0.2) is 12.3 Å². The molecule has 2 aliphatic heterocycles. The fourth-order valence-electron chi connectivity index (χ4n) is 4.32. The summed E-state index contributed by atoms with van der Waals surface area (Å²) in [5.74, 6) is 1.77. The first kappa shape index (κ1) is 12.8. The van der Waals surface area contributed by atoms with Crippen molar-refractivity contribution in [2.75, 3.05) is 26.2 Å². The lowest BCUT2D eigenvalue weighted by atomic mass is 9.96. The van der Waals surface area contributed by atoms with Crippen LogP contribution >= 0.6 is 0 Å². The first-order valence-corrected chi connectivity index (χ1v) is 8.35. The molecule has 4 nitrogen and oxygen atoms in total. The summed E-state index contributed by atoms with van der Waals surface area (Å²) in [5.41, 5.74) is 1.27. The quantitative estimate of drug-likeness (QED) is 0.915. The highest BCUT2D eigenvalue weighted by Crippen LogP contribution is 2.29. The molecule has 4 rings (SSSR count). The van der Waals surface area contributed by atoms with Crippen molar-refractivity contribution in [1.82, 2.24) is 20.0 Å². The minimum absolute atomic E-state index is 0.666. The van der Waals surface area contributed by atoms with Gasteiger partial charge in [-0.15, -0.1) is 0 Å². The minimum atomic E-state index is 0.666. The predicted octanol–water partition coefficient (Wildman–Crippen LogP) is 2.04. The number of likely N-dealkylation sites (tertiary alicyclic amines) is 1. The summed E-state index contributed by atoms with van der Waals surface area (Å²) in [6.45, 7) is 6.00. The van der Waals surface area contributed by atoms with Gasteiger partial charge in [0.25, 0.3) is 0 Å². The average molecular weight is 274 g/mol. The van der Waals surface area contributed by atoms with Crippen molar-refractivity contribution in [2.24, 2.45) is 11.8 Å². The van der Waals surface area contributed by atoms with Gasteiger partial charge in [0.15, 0.2) is 0 Å². The van der Waals surface area contributed by atoms with Gasteiger partial charge in [0.05, 0.1) is 11.7 Å². The smallest absolute Gasteiger partial charge is 0.0764 e. The lowest BCUT2D eigenvalue weighted by Gasteiger charge is -2.22. The SMILES string of the molecule is c1cn(C2CCCCC2)nc1CN1CC2CNCC2C1. The topological polar surface area (TPSA) is 33.1 Å². The van der Waals surface area contributed by atoms with Gasteiger partial charge < -0.3 is 5.32 Å². The van der Waals surface area contributed by atoms with E-state index in [1.165, 1.54) is 64.0 Å². The largest absolute Gasteiger partial charge is 0.316 e. The Morgan fingerprint density at radius 2 is 1.85 bits per heavy atom. The normalized spacial score (nSPS) is 31.8. The zero-order valence-corrected chi connectivity index (χ0v) is 12.3. The predicted molar refractivity (Wildman–Crippen MR) is 79.5 cm³/mol. The molecule has 0 bridgehead atoms. The van der Waals surface area contributed by atoms with Gasteiger partial charge in [-0.3, -0.25) is 9.58 Å². The summed E-state index contributed by atoms with van der Waals surface area (Å²) in [6.07, 6.45) is 9.02. The van der Waals surface area contributed by atoms with E-state index in [1.807, 2.05) is 0 Å². The molecule has 3 fully saturated rings. The van der Waals surface area contributed by atoms with Crippen molar-refractivity contribution in [3.63, 3.8) is 0 Å². The van der Waals surface area contributed by atoms with Gasteiger partial charge in [-0.2, -0.15) is 5.10 Å². The second kappa shape index (κ2) is 5.49. The molecule has 1 aromatic heterocycles. The number of nitrogens with zero attached hydrogens (tertiary/aromatic N) is 3. The van der Waals surface area contributed by atoms with Crippen LogP contribution in [0.4, 0.5) is 0 Å². The molecule has 1 saturated carbocycles. The van der Waals surface area contributed by atoms with Crippen molar-refractivity contribution >= 4 is 0 Å². The summed E-state index contributed by atoms with van der Waals surface area (Å²) in [4.78, 5) is 2.60. The molecule has 2 unspecified atom stereocenters. The number of hydrogen-bond acceptors (Lipinski definition) is 3. The van der Waals surface area contributed by atoms with Crippen molar-refractivity contribution in [3.8, 4) is 0 Å². The molecule has 0 radical (unpaired) electrons. The van der Waals surface area contributed by atoms with E-state index >= 15 is 0 Å². The van der Waals surface area contributed by atoms with E-state index in [0.717, 1.165) is 18.4 Å². The summed E-state index contributed by atoms with van der Waals surface area (Å²) < 4.78 is 2.24. The molecule has 0 amide bonds. The van der Waals surface area contributed by atoms with Crippen LogP contribution in [0.3, 0.4) is 0 Å². The second-order valence-electron chi connectivity index (χ2n) is 6.95. The first-order valence-electron chi connectivity index (χ1n) is 8.35. The molecular weight excluding hydrogens is 248 g/mol. The first-order chi connectivity index (χ1) is 9.88. The molecule has 110 valence electrons. The van der Waals surface area contributed by atoms with Gasteiger partial charge in [0.2, 0.25) is 0 Å². The molecule has 1 N–H and O–H groups in total. The Balaban J connectivity index is 1.36. The molecule has 1 aliphatic carbocycles. The molecule has 4 heteroatoms. The summed E-state index contributed by atoms with van der Waals surface area (Å²) >= 11 is 0. The maximum atomic E-state index is 4.85. The van der Waals surface area contributed by atoms with E-state index in [-0.39, 0.29) is 0 Å². The van der Waals surface area contributed by atoms with Crippen LogP contribution in [-0.4, -0.2) is 40.9 Å². The molecule has 2 saturated heterocycles. The summed E-state index contributed by atoms with van der Waals surface area (Å²) in [7, 11) is 0. The van der Waals surface area contributed by atoms with Crippen LogP contribution in [0, 0.1) is 11.8 Å². The zero-order valence-electron chi connectivity index (χ0n) is 12.3. The van der Waals surface area contributed by atoms with Crippen molar-refractivity contribution in [1.29, 1.82) is 0 Å². The van der Waals surface area contributed by atoms with E-state index in [1.54, 1.807) is 0 Å². The number of nitrogens with one attached hydrogen (secondary N) is 1. The minimum Gasteiger partial charge on any atom is -0.316 e. The molecule has 20 heavy (non-hydrogen) atoms. The Hall–Kier alpha value is -0.870. The lowest BCUT2D eigenvalue weighted by Crippen LogP contribution is -2.25. The molecule has 0 spiro atoms. The van der Waals surface area contributed by atoms with Crippen LogP contribution in [0.25, 0.3) is 0 Å². The monoisotopic (exact) mass is 274 g/mol. The van der Waals surface area contributed by atoms with E-state index in [9.17, 15) is 0 Å². The average Bonchev–Trinajstić information content (AvgIpc) is 3.16. The zero-order chi connectivity index (χ0) is 13.4. The number of rotatable bonds is 3. The maximum Gasteiger partial charge on any atom is 0.0764 e. The Labute approximate surface area is 121 Å². The Morgan fingerprint density at radius 3 is 2.60 bits per heavy atom. The third-order valence-electron chi connectivity index (χ3n) is 5.46. The molecule has 2 atom stereocenters. The summed E-state index contributed by atoms with van der Waals surface area (Å²) in [6, 6.07) is 2.90. The highest BCUT2D eigenvalue weighted by atomic mass is 15.3. The third kappa shape index (κ3) is 2.51. The second-order valence-corrected chi connectivity index (χ2v) is 6.95. The van der Waals surface area contributed by atoms with Crippen LogP contribution in [0.1, 0.15) is 43.8 Å². The number of fused-ring (bicyclic) bond motifs is 1. The highest BCUT2D eigenvalue weighted by Gasteiger charge is 2.36. The molecule has 3 heterocycles. The van der Waals surface area contributed by atoms with E-state index in [2.05, 4.69) is 27.2 Å². The maximum absolute atomic E-state index is 4.85. The fourth-order valence-corrected chi connectivity index (χ4v) is 4.32. The molecular formula is C16H26N4. The van der Waals surface area contributed by atoms with Gasteiger partial charge in [0, 0.05) is 25.8 Å². The van der Waals surface area contributed by atoms with E-state index in [4.69, 9.17) is 5.10 Å². The van der Waals surface area contributed by atoms with Crippen LogP contribution in [0.5, 0.6) is 0 Å². The number of hydrogen-bond donors (Lipinski definition) is 1. The van der Waals surface area contributed by atoms with Crippen LogP contribution in [-0.2, 0) is 6.54 Å². The van der Waals surface area contributed by atoms with Crippen molar-refractivity contribution in [2.45, 2.75) is 44.7 Å². The van der Waals surface area contributed by atoms with Crippen molar-refractivity contribution < 1.29 is 0 Å². The Morgan fingerprint density at radius 1 is 1.10 bits per heavy atom. The lowest BCUT2D eigenvalue weighted by molar-refractivity contribution is 0.293. The third-order valence-corrected chi connectivity index (χ3v) is 5.46. The van der Waals surface area contributed by atoms with Crippen molar-refractivity contribution in [3.05, 3.63) is 18.0 Å². The molecule has 0 aromatic carbocycles. The van der Waals surface area contributed by atoms with Gasteiger partial charge in [-0.1, -0.05) is 19.3 Å².